The number of amides is 4. The van der Waals surface area contributed by atoms with Crippen molar-refractivity contribution in [3.63, 3.8) is 0 Å². The van der Waals surface area contributed by atoms with Crippen molar-refractivity contribution in [3.05, 3.63) is 52.1 Å². The summed E-state index contributed by atoms with van der Waals surface area (Å²) in [5.74, 6) is 0.254. The van der Waals surface area contributed by atoms with E-state index in [2.05, 4.69) is 5.32 Å². The van der Waals surface area contributed by atoms with E-state index in [1.54, 1.807) is 30.3 Å². The first-order valence-corrected chi connectivity index (χ1v) is 12.0. The van der Waals surface area contributed by atoms with Crippen LogP contribution in [0.15, 0.2) is 35.9 Å². The molecule has 1 heterocycles. The third-order valence-corrected chi connectivity index (χ3v) is 5.43. The first-order valence-electron chi connectivity index (χ1n) is 11.6. The molecule has 1 fully saturated rings. The van der Waals surface area contributed by atoms with E-state index in [-0.39, 0.29) is 17.1 Å². The van der Waals surface area contributed by atoms with Gasteiger partial charge in [-0.3, -0.25) is 19.8 Å². The number of nitrogens with one attached hydrogen (secondary N) is 1. The number of carbonyl (C=O) groups is 3. The molecule has 0 atom stereocenters. The van der Waals surface area contributed by atoms with E-state index in [9.17, 15) is 14.4 Å². The van der Waals surface area contributed by atoms with Gasteiger partial charge >= 0.3 is 6.03 Å². The lowest BCUT2D eigenvalue weighted by atomic mass is 10.1. The fourth-order valence-electron chi connectivity index (χ4n) is 3.54. The Balaban J connectivity index is 1.90. The van der Waals surface area contributed by atoms with Crippen LogP contribution in [0.2, 0.25) is 5.02 Å². The second-order valence-corrected chi connectivity index (χ2v) is 8.15. The van der Waals surface area contributed by atoms with Crippen LogP contribution in [0.25, 0.3) is 6.08 Å². The Morgan fingerprint density at radius 2 is 1.69 bits per heavy atom. The molecule has 2 aromatic carbocycles. The highest BCUT2D eigenvalue weighted by Crippen LogP contribution is 2.37. The molecule has 0 saturated carbocycles. The Hall–Kier alpha value is -3.72. The summed E-state index contributed by atoms with van der Waals surface area (Å²) in [7, 11) is 1.46. The molecule has 36 heavy (non-hydrogen) atoms. The van der Waals surface area contributed by atoms with Crippen LogP contribution in [0.4, 0.5) is 4.79 Å². The van der Waals surface area contributed by atoms with Gasteiger partial charge in [0.2, 0.25) is 0 Å². The van der Waals surface area contributed by atoms with Gasteiger partial charge in [0, 0.05) is 0 Å². The van der Waals surface area contributed by atoms with Crippen LogP contribution in [0.1, 0.15) is 38.3 Å². The number of ether oxygens (including phenoxy) is 4. The third kappa shape index (κ3) is 6.09. The number of hydrogen-bond acceptors (Lipinski definition) is 7. The van der Waals surface area contributed by atoms with E-state index >= 15 is 0 Å². The molecule has 2 aromatic rings. The Labute approximate surface area is 214 Å². The van der Waals surface area contributed by atoms with Crippen LogP contribution >= 0.6 is 11.6 Å². The highest BCUT2D eigenvalue weighted by Gasteiger charge is 2.36. The molecule has 1 saturated heterocycles. The predicted octanol–water partition coefficient (Wildman–Crippen LogP) is 4.60. The van der Waals surface area contributed by atoms with Gasteiger partial charge in [-0.05, 0) is 61.7 Å². The normalized spacial score (nSPS) is 14.6. The summed E-state index contributed by atoms with van der Waals surface area (Å²) < 4.78 is 22.2. The minimum Gasteiger partial charge on any atom is -0.493 e. The van der Waals surface area contributed by atoms with Crippen LogP contribution in [0.3, 0.4) is 0 Å². The molecule has 0 aliphatic carbocycles. The van der Waals surface area contributed by atoms with Gasteiger partial charge < -0.3 is 18.9 Å². The zero-order valence-electron chi connectivity index (χ0n) is 20.7. The van der Waals surface area contributed by atoms with Crippen LogP contribution in [0, 0.1) is 0 Å². The molecule has 9 nitrogen and oxygen atoms in total. The van der Waals surface area contributed by atoms with Crippen LogP contribution in [-0.2, 0) is 16.1 Å². The lowest BCUT2D eigenvalue weighted by Gasteiger charge is -2.26. The lowest BCUT2D eigenvalue weighted by Crippen LogP contribution is -2.53. The van der Waals surface area contributed by atoms with E-state index in [4.69, 9.17) is 30.5 Å². The number of rotatable bonds is 11. The molecule has 0 aromatic heterocycles. The van der Waals surface area contributed by atoms with Crippen molar-refractivity contribution in [1.29, 1.82) is 0 Å². The number of imide groups is 2. The summed E-state index contributed by atoms with van der Waals surface area (Å²) in [6, 6.07) is 7.52. The van der Waals surface area contributed by atoms with Gasteiger partial charge in [-0.1, -0.05) is 24.6 Å². The van der Waals surface area contributed by atoms with Crippen LogP contribution < -0.4 is 24.3 Å². The molecule has 4 amide bonds. The van der Waals surface area contributed by atoms with Crippen LogP contribution in [-0.4, -0.2) is 49.7 Å². The van der Waals surface area contributed by atoms with Crippen molar-refractivity contribution in [1.82, 2.24) is 10.2 Å². The minimum atomic E-state index is -0.811. The van der Waals surface area contributed by atoms with Gasteiger partial charge in [0.05, 0.1) is 38.5 Å². The maximum atomic E-state index is 13.2. The predicted molar refractivity (Wildman–Crippen MR) is 135 cm³/mol. The molecule has 192 valence electrons. The molecule has 3 rings (SSSR count). The fourth-order valence-corrected chi connectivity index (χ4v) is 3.82. The second kappa shape index (κ2) is 12.3. The zero-order chi connectivity index (χ0) is 26.2. The van der Waals surface area contributed by atoms with Crippen molar-refractivity contribution in [2.45, 2.75) is 33.7 Å². The molecule has 10 heteroatoms. The Kier molecular flexibility index (Phi) is 9.19. The fraction of sp³-hybridized carbons (Fsp3) is 0.346. The molecule has 0 spiro atoms. The van der Waals surface area contributed by atoms with Crippen molar-refractivity contribution >= 4 is 35.5 Å². The average Bonchev–Trinajstić information content (AvgIpc) is 2.85. The highest BCUT2D eigenvalue weighted by molar-refractivity contribution is 6.33. The molecule has 1 aliphatic rings. The summed E-state index contributed by atoms with van der Waals surface area (Å²) in [4.78, 5) is 39.2. The first kappa shape index (κ1) is 26.9. The number of halogens is 1. The number of barbiturate groups is 1. The van der Waals surface area contributed by atoms with Gasteiger partial charge in [0.1, 0.15) is 5.57 Å². The lowest BCUT2D eigenvalue weighted by molar-refractivity contribution is -0.130. The topological polar surface area (TPSA) is 103 Å². The second-order valence-electron chi connectivity index (χ2n) is 7.74. The smallest absolute Gasteiger partial charge is 0.331 e. The van der Waals surface area contributed by atoms with Gasteiger partial charge in [-0.15, -0.1) is 0 Å². The number of urea groups is 1. The SMILES string of the molecule is CCCOc1ccc(CN2C(=O)NC(=O)/C(=C\c3cc(Cl)c(OCC)c(OC)c3)C2=O)cc1OCC. The Morgan fingerprint density at radius 1 is 0.944 bits per heavy atom. The maximum Gasteiger partial charge on any atom is 0.331 e. The van der Waals surface area contributed by atoms with E-state index in [1.165, 1.54) is 13.2 Å². The quantitative estimate of drug-likeness (QED) is 0.344. The number of methoxy groups -OCH3 is 1. The van der Waals surface area contributed by atoms with E-state index in [0.717, 1.165) is 11.3 Å². The van der Waals surface area contributed by atoms with Crippen molar-refractivity contribution in [2.75, 3.05) is 26.9 Å². The van der Waals surface area contributed by atoms with Gasteiger partial charge in [-0.2, -0.15) is 0 Å². The summed E-state index contributed by atoms with van der Waals surface area (Å²) >= 11 is 6.32. The van der Waals surface area contributed by atoms with Gasteiger partial charge in [0.25, 0.3) is 11.8 Å². The maximum absolute atomic E-state index is 13.2. The van der Waals surface area contributed by atoms with E-state index in [0.29, 0.717) is 53.9 Å². The van der Waals surface area contributed by atoms with E-state index < -0.39 is 17.8 Å². The number of carbonyl (C=O) groups excluding carboxylic acids is 3. The van der Waals surface area contributed by atoms with Crippen molar-refractivity contribution in [3.8, 4) is 23.0 Å². The summed E-state index contributed by atoms with van der Waals surface area (Å²) in [5, 5.41) is 2.48. The molecule has 0 bridgehead atoms. The number of hydrogen-bond donors (Lipinski definition) is 1. The zero-order valence-corrected chi connectivity index (χ0v) is 21.4. The Bertz CT molecular complexity index is 1180. The highest BCUT2D eigenvalue weighted by atomic mass is 35.5. The molecule has 1 aliphatic heterocycles. The Morgan fingerprint density at radius 3 is 2.36 bits per heavy atom. The minimum absolute atomic E-state index is 0.0726. The largest absolute Gasteiger partial charge is 0.493 e. The molecular weight excluding hydrogens is 488 g/mol. The monoisotopic (exact) mass is 516 g/mol. The summed E-state index contributed by atoms with van der Waals surface area (Å²) in [6.07, 6.45) is 2.19. The summed E-state index contributed by atoms with van der Waals surface area (Å²) in [5.41, 5.74) is 0.847. The molecule has 1 N–H and O–H groups in total. The standard InChI is InChI=1S/C26H29ClN2O7/c1-5-10-36-20-9-8-16(13-21(20)34-6-2)15-29-25(31)18(24(30)28-26(29)32)11-17-12-19(27)23(35-7-3)22(14-17)33-4/h8-9,11-14H,5-7,10,15H2,1-4H3,(H,28,30,32)/b18-11+. The van der Waals surface area contributed by atoms with Crippen LogP contribution in [0.5, 0.6) is 23.0 Å². The first-order chi connectivity index (χ1) is 17.3. The third-order valence-electron chi connectivity index (χ3n) is 5.15. The molecular formula is C26H29ClN2O7. The van der Waals surface area contributed by atoms with Crippen molar-refractivity contribution < 1.29 is 33.3 Å². The summed E-state index contributed by atoms with van der Waals surface area (Å²) in [6.45, 7) is 6.92. The average molecular weight is 517 g/mol. The van der Waals surface area contributed by atoms with Gasteiger partial charge in [0.15, 0.2) is 23.0 Å². The molecule has 0 unspecified atom stereocenters. The van der Waals surface area contributed by atoms with Crippen molar-refractivity contribution in [2.24, 2.45) is 0 Å². The number of nitrogens with zero attached hydrogens (tertiary/aromatic N) is 1. The van der Waals surface area contributed by atoms with E-state index in [1.807, 2.05) is 20.8 Å². The van der Waals surface area contributed by atoms with Gasteiger partial charge in [-0.25, -0.2) is 4.79 Å². The molecule has 0 radical (unpaired) electrons. The number of benzene rings is 2.